The second-order valence-corrected chi connectivity index (χ2v) is 8.49. The molecule has 1 aromatic carbocycles. The molecule has 0 saturated carbocycles. The summed E-state index contributed by atoms with van der Waals surface area (Å²) in [4.78, 5) is 32.5. The zero-order valence-corrected chi connectivity index (χ0v) is 17.8. The van der Waals surface area contributed by atoms with Crippen LogP contribution in [0.25, 0.3) is 0 Å². The second kappa shape index (κ2) is 8.90. The molecule has 2 aromatic rings. The zero-order valence-electron chi connectivity index (χ0n) is 17.8. The molecule has 32 heavy (non-hydrogen) atoms. The highest BCUT2D eigenvalue weighted by molar-refractivity contribution is 6.04. The lowest BCUT2D eigenvalue weighted by molar-refractivity contribution is -0.134. The number of anilines is 1. The average Bonchev–Trinajstić information content (AvgIpc) is 2.74. The van der Waals surface area contributed by atoms with Crippen molar-refractivity contribution >= 4 is 17.5 Å². The predicted molar refractivity (Wildman–Crippen MR) is 113 cm³/mol. The summed E-state index contributed by atoms with van der Waals surface area (Å²) in [5.41, 5.74) is 2.89. The van der Waals surface area contributed by atoms with Gasteiger partial charge in [0.05, 0.1) is 12.0 Å². The molecule has 0 radical (unpaired) electrons. The highest BCUT2D eigenvalue weighted by Crippen LogP contribution is 2.27. The molecule has 1 unspecified atom stereocenters. The fraction of sp³-hybridized carbons (Fsp3) is 0.435. The van der Waals surface area contributed by atoms with Gasteiger partial charge in [0, 0.05) is 57.2 Å². The third-order valence-electron chi connectivity index (χ3n) is 6.12. The van der Waals surface area contributed by atoms with Crippen LogP contribution in [0, 0.1) is 0 Å². The number of pyridine rings is 1. The zero-order chi connectivity index (χ0) is 22.9. The Balaban J connectivity index is 1.44. The Labute approximate surface area is 184 Å². The number of carbonyl (C=O) groups is 2. The number of aromatic nitrogens is 1. The summed E-state index contributed by atoms with van der Waals surface area (Å²) >= 11 is 0. The van der Waals surface area contributed by atoms with Gasteiger partial charge in [0.1, 0.15) is 0 Å². The highest BCUT2D eigenvalue weighted by atomic mass is 19.4. The number of halogens is 3. The first kappa shape index (κ1) is 22.3. The van der Waals surface area contributed by atoms with E-state index in [2.05, 4.69) is 15.2 Å². The molecule has 1 N–H and O–H groups in total. The van der Waals surface area contributed by atoms with E-state index in [0.29, 0.717) is 18.7 Å². The summed E-state index contributed by atoms with van der Waals surface area (Å²) in [6, 6.07) is 7.11. The number of amides is 2. The summed E-state index contributed by atoms with van der Waals surface area (Å²) in [7, 11) is 1.83. The first-order chi connectivity index (χ1) is 15.2. The molecule has 2 aliphatic rings. The van der Waals surface area contributed by atoms with Crippen LogP contribution in [-0.4, -0.2) is 59.0 Å². The molecule has 0 spiro atoms. The monoisotopic (exact) mass is 446 g/mol. The SMILES string of the molecule is CN1CCC(N2CCc3ccc(NC(=O)c4cncc(CC(F)(F)F)c4)cc3C2)CC1=O. The van der Waals surface area contributed by atoms with E-state index in [0.717, 1.165) is 37.7 Å². The minimum absolute atomic E-state index is 0.0566. The van der Waals surface area contributed by atoms with E-state index < -0.39 is 18.5 Å². The maximum atomic E-state index is 12.6. The third kappa shape index (κ3) is 5.27. The predicted octanol–water partition coefficient (Wildman–Crippen LogP) is 3.42. The average molecular weight is 446 g/mol. The van der Waals surface area contributed by atoms with Crippen molar-refractivity contribution in [3.63, 3.8) is 0 Å². The molecule has 9 heteroatoms. The Hall–Kier alpha value is -2.94. The number of piperidine rings is 1. The van der Waals surface area contributed by atoms with E-state index in [1.807, 2.05) is 19.2 Å². The number of fused-ring (bicyclic) bond motifs is 1. The Morgan fingerprint density at radius 1 is 1.19 bits per heavy atom. The molecule has 0 bridgehead atoms. The molecule has 2 aliphatic heterocycles. The van der Waals surface area contributed by atoms with Crippen molar-refractivity contribution in [1.82, 2.24) is 14.8 Å². The number of carbonyl (C=O) groups excluding carboxylic acids is 2. The molecule has 1 atom stereocenters. The lowest BCUT2D eigenvalue weighted by atomic mass is 9.95. The van der Waals surface area contributed by atoms with Gasteiger partial charge >= 0.3 is 6.18 Å². The van der Waals surface area contributed by atoms with Gasteiger partial charge in [-0.05, 0) is 47.7 Å². The standard InChI is InChI=1S/C23H25F3N4O2/c1-29-6-5-20(10-21(29)31)30-7-4-16-2-3-19(9-18(16)14-30)28-22(32)17-8-15(12-27-13-17)11-23(24,25)26/h2-3,8-9,12-13,20H,4-7,10-11,14H2,1H3,(H,28,32). The normalized spacial score (nSPS) is 19.6. The van der Waals surface area contributed by atoms with Gasteiger partial charge in [-0.25, -0.2) is 0 Å². The van der Waals surface area contributed by atoms with Crippen LogP contribution < -0.4 is 5.32 Å². The van der Waals surface area contributed by atoms with Crippen LogP contribution in [-0.2, 0) is 24.2 Å². The molecule has 0 aliphatic carbocycles. The van der Waals surface area contributed by atoms with E-state index in [-0.39, 0.29) is 23.1 Å². The molecule has 2 amide bonds. The van der Waals surface area contributed by atoms with Crippen LogP contribution in [0.1, 0.15) is 39.9 Å². The first-order valence-electron chi connectivity index (χ1n) is 10.6. The maximum absolute atomic E-state index is 12.6. The smallest absolute Gasteiger partial charge is 0.346 e. The number of benzene rings is 1. The summed E-state index contributed by atoms with van der Waals surface area (Å²) in [5.74, 6) is -0.343. The Morgan fingerprint density at radius 2 is 2.00 bits per heavy atom. The van der Waals surface area contributed by atoms with Crippen LogP contribution in [0.15, 0.2) is 36.7 Å². The van der Waals surface area contributed by atoms with Crippen molar-refractivity contribution in [2.75, 3.05) is 25.5 Å². The number of rotatable bonds is 4. The van der Waals surface area contributed by atoms with E-state index >= 15 is 0 Å². The summed E-state index contributed by atoms with van der Waals surface area (Å²) in [6.07, 6.45) is -0.793. The summed E-state index contributed by atoms with van der Waals surface area (Å²) in [5, 5.41) is 2.77. The van der Waals surface area contributed by atoms with Gasteiger partial charge < -0.3 is 10.2 Å². The van der Waals surface area contributed by atoms with Crippen molar-refractivity contribution in [2.45, 2.75) is 44.4 Å². The van der Waals surface area contributed by atoms with Crippen molar-refractivity contribution in [3.8, 4) is 0 Å². The molecule has 4 rings (SSSR count). The molecular weight excluding hydrogens is 421 g/mol. The highest BCUT2D eigenvalue weighted by Gasteiger charge is 2.30. The molecule has 3 heterocycles. The van der Waals surface area contributed by atoms with Gasteiger partial charge in [-0.2, -0.15) is 13.2 Å². The fourth-order valence-corrected chi connectivity index (χ4v) is 4.35. The second-order valence-electron chi connectivity index (χ2n) is 8.49. The molecule has 170 valence electrons. The van der Waals surface area contributed by atoms with Gasteiger partial charge in [-0.1, -0.05) is 6.07 Å². The van der Waals surface area contributed by atoms with E-state index in [1.54, 1.807) is 11.0 Å². The van der Waals surface area contributed by atoms with Gasteiger partial charge in [0.15, 0.2) is 0 Å². The number of nitrogens with zero attached hydrogens (tertiary/aromatic N) is 3. The fourth-order valence-electron chi connectivity index (χ4n) is 4.35. The number of nitrogens with one attached hydrogen (secondary N) is 1. The number of alkyl halides is 3. The molecule has 1 fully saturated rings. The van der Waals surface area contributed by atoms with Gasteiger partial charge in [0.25, 0.3) is 5.91 Å². The quantitative estimate of drug-likeness (QED) is 0.782. The molecule has 1 aromatic heterocycles. The Morgan fingerprint density at radius 3 is 2.75 bits per heavy atom. The lowest BCUT2D eigenvalue weighted by Gasteiger charge is -2.39. The van der Waals surface area contributed by atoms with Crippen molar-refractivity contribution in [2.24, 2.45) is 0 Å². The molecule has 6 nitrogen and oxygen atoms in total. The van der Waals surface area contributed by atoms with Gasteiger partial charge in [-0.15, -0.1) is 0 Å². The van der Waals surface area contributed by atoms with E-state index in [9.17, 15) is 22.8 Å². The van der Waals surface area contributed by atoms with Crippen LogP contribution in [0.4, 0.5) is 18.9 Å². The van der Waals surface area contributed by atoms with E-state index in [4.69, 9.17) is 0 Å². The van der Waals surface area contributed by atoms with Crippen molar-refractivity contribution in [1.29, 1.82) is 0 Å². The molecule has 1 saturated heterocycles. The molecular formula is C23H25F3N4O2. The van der Waals surface area contributed by atoms with Crippen molar-refractivity contribution in [3.05, 3.63) is 58.9 Å². The lowest BCUT2D eigenvalue weighted by Crippen LogP contribution is -2.47. The third-order valence-corrected chi connectivity index (χ3v) is 6.12. The van der Waals surface area contributed by atoms with Crippen molar-refractivity contribution < 1.29 is 22.8 Å². The van der Waals surface area contributed by atoms with Crippen LogP contribution >= 0.6 is 0 Å². The van der Waals surface area contributed by atoms with Crippen LogP contribution in [0.3, 0.4) is 0 Å². The number of hydrogen-bond donors (Lipinski definition) is 1. The van der Waals surface area contributed by atoms with Gasteiger partial charge in [0.2, 0.25) is 5.91 Å². The minimum Gasteiger partial charge on any atom is -0.346 e. The minimum atomic E-state index is -4.36. The maximum Gasteiger partial charge on any atom is 0.393 e. The van der Waals surface area contributed by atoms with Crippen LogP contribution in [0.2, 0.25) is 0 Å². The number of hydrogen-bond acceptors (Lipinski definition) is 4. The Kier molecular flexibility index (Phi) is 6.19. The van der Waals surface area contributed by atoms with Crippen LogP contribution in [0.5, 0.6) is 0 Å². The summed E-state index contributed by atoms with van der Waals surface area (Å²) < 4.78 is 37.9. The topological polar surface area (TPSA) is 65.5 Å². The summed E-state index contributed by atoms with van der Waals surface area (Å²) in [6.45, 7) is 2.34. The van der Waals surface area contributed by atoms with E-state index in [1.165, 1.54) is 17.8 Å². The first-order valence-corrected chi connectivity index (χ1v) is 10.6. The Bertz CT molecular complexity index is 1020. The number of likely N-dealkylation sites (tertiary alicyclic amines) is 1. The van der Waals surface area contributed by atoms with Gasteiger partial charge in [-0.3, -0.25) is 19.5 Å². The largest absolute Gasteiger partial charge is 0.393 e.